The summed E-state index contributed by atoms with van der Waals surface area (Å²) in [5, 5.41) is 21.5. The van der Waals surface area contributed by atoms with Gasteiger partial charge in [0.1, 0.15) is 5.60 Å². The van der Waals surface area contributed by atoms with Crippen molar-refractivity contribution in [3.8, 4) is 0 Å². The average Bonchev–Trinajstić information content (AvgIpc) is 1.77. The average molecular weight is 131 g/mol. The number of nitrogens with one attached hydrogen (secondary N) is 1. The predicted octanol–water partition coefficient (Wildman–Crippen LogP) is -0.908. The predicted molar refractivity (Wildman–Crippen MR) is 34.1 cm³/mol. The highest BCUT2D eigenvalue weighted by Crippen LogP contribution is 2.14. The fourth-order valence-corrected chi connectivity index (χ4v) is 1.01. The lowest BCUT2D eigenvalue weighted by atomic mass is 9.93. The van der Waals surface area contributed by atoms with E-state index in [-0.39, 0.29) is 0 Å². The molecule has 0 radical (unpaired) electrons. The van der Waals surface area contributed by atoms with Gasteiger partial charge in [-0.2, -0.15) is 0 Å². The van der Waals surface area contributed by atoms with Crippen molar-refractivity contribution in [2.75, 3.05) is 13.1 Å². The van der Waals surface area contributed by atoms with Crippen molar-refractivity contribution in [1.82, 2.24) is 5.32 Å². The second-order valence-corrected chi connectivity index (χ2v) is 2.84. The zero-order valence-corrected chi connectivity index (χ0v) is 5.59. The van der Waals surface area contributed by atoms with Crippen molar-refractivity contribution in [1.29, 1.82) is 0 Å². The molecule has 0 spiro atoms. The van der Waals surface area contributed by atoms with Gasteiger partial charge in [0, 0.05) is 6.54 Å². The molecule has 0 saturated carbocycles. The van der Waals surface area contributed by atoms with Crippen molar-refractivity contribution in [2.45, 2.75) is 25.0 Å². The Hall–Kier alpha value is -0.120. The van der Waals surface area contributed by atoms with E-state index >= 15 is 0 Å². The van der Waals surface area contributed by atoms with E-state index in [9.17, 15) is 5.11 Å². The SMILES string of the molecule is C[C@@]1(O)CNCC[C@H]1O. The van der Waals surface area contributed by atoms with Crippen molar-refractivity contribution >= 4 is 0 Å². The fourth-order valence-electron chi connectivity index (χ4n) is 1.01. The number of hydrogen-bond donors (Lipinski definition) is 3. The molecule has 1 heterocycles. The van der Waals surface area contributed by atoms with Crippen LogP contribution in [0.2, 0.25) is 0 Å². The zero-order chi connectivity index (χ0) is 6.91. The molecule has 1 aliphatic heterocycles. The summed E-state index contributed by atoms with van der Waals surface area (Å²) in [5.74, 6) is 0. The third-order valence-corrected chi connectivity index (χ3v) is 1.80. The van der Waals surface area contributed by atoms with Crippen LogP contribution in [0.1, 0.15) is 13.3 Å². The van der Waals surface area contributed by atoms with Gasteiger partial charge in [-0.15, -0.1) is 0 Å². The topological polar surface area (TPSA) is 52.5 Å². The Morgan fingerprint density at radius 1 is 1.67 bits per heavy atom. The van der Waals surface area contributed by atoms with E-state index < -0.39 is 11.7 Å². The van der Waals surface area contributed by atoms with Crippen LogP contribution in [0.15, 0.2) is 0 Å². The van der Waals surface area contributed by atoms with E-state index in [4.69, 9.17) is 5.11 Å². The number of hydrogen-bond acceptors (Lipinski definition) is 3. The first-order valence-electron chi connectivity index (χ1n) is 3.24. The Morgan fingerprint density at radius 3 is 2.67 bits per heavy atom. The molecule has 0 aromatic carbocycles. The largest absolute Gasteiger partial charge is 0.390 e. The quantitative estimate of drug-likeness (QED) is 0.399. The molecule has 54 valence electrons. The summed E-state index contributed by atoms with van der Waals surface area (Å²) in [5.41, 5.74) is -0.918. The lowest BCUT2D eigenvalue weighted by molar-refractivity contribution is -0.0763. The Balaban J connectivity index is 2.49. The molecule has 1 saturated heterocycles. The van der Waals surface area contributed by atoms with Gasteiger partial charge in [0.15, 0.2) is 0 Å². The fraction of sp³-hybridized carbons (Fsp3) is 1.00. The van der Waals surface area contributed by atoms with Crippen molar-refractivity contribution in [3.63, 3.8) is 0 Å². The van der Waals surface area contributed by atoms with Crippen LogP contribution >= 0.6 is 0 Å². The van der Waals surface area contributed by atoms with E-state index in [2.05, 4.69) is 5.32 Å². The van der Waals surface area contributed by atoms with Crippen molar-refractivity contribution in [2.24, 2.45) is 0 Å². The van der Waals surface area contributed by atoms with E-state index in [0.717, 1.165) is 6.54 Å². The molecule has 3 N–H and O–H groups in total. The first-order valence-corrected chi connectivity index (χ1v) is 3.24. The number of aliphatic hydroxyl groups is 2. The van der Waals surface area contributed by atoms with Gasteiger partial charge in [-0.25, -0.2) is 0 Å². The molecular weight excluding hydrogens is 118 g/mol. The molecule has 0 unspecified atom stereocenters. The molecular formula is C6H13NO2. The van der Waals surface area contributed by atoms with Gasteiger partial charge in [-0.05, 0) is 19.9 Å². The minimum absolute atomic E-state index is 0.494. The van der Waals surface area contributed by atoms with Crippen LogP contribution < -0.4 is 5.32 Å². The molecule has 3 nitrogen and oxygen atoms in total. The number of aliphatic hydroxyl groups excluding tert-OH is 1. The maximum Gasteiger partial charge on any atom is 0.100 e. The molecule has 0 aliphatic carbocycles. The van der Waals surface area contributed by atoms with Crippen LogP contribution in [-0.4, -0.2) is 35.0 Å². The second kappa shape index (κ2) is 2.25. The first kappa shape index (κ1) is 6.99. The van der Waals surface area contributed by atoms with Crippen LogP contribution in [0.4, 0.5) is 0 Å². The lowest BCUT2D eigenvalue weighted by Gasteiger charge is -2.33. The highest BCUT2D eigenvalue weighted by molar-refractivity contribution is 4.88. The number of piperidine rings is 1. The molecule has 2 atom stereocenters. The van der Waals surface area contributed by atoms with Crippen LogP contribution in [-0.2, 0) is 0 Å². The normalized spacial score (nSPS) is 45.0. The summed E-state index contributed by atoms with van der Waals surface area (Å²) in [6.07, 6.45) is 0.0891. The second-order valence-electron chi connectivity index (χ2n) is 2.84. The van der Waals surface area contributed by atoms with E-state index in [1.165, 1.54) is 0 Å². The maximum absolute atomic E-state index is 9.33. The Morgan fingerprint density at radius 2 is 2.33 bits per heavy atom. The summed E-state index contributed by atoms with van der Waals surface area (Å²) >= 11 is 0. The van der Waals surface area contributed by atoms with Crippen LogP contribution in [0.25, 0.3) is 0 Å². The molecule has 1 fully saturated rings. The van der Waals surface area contributed by atoms with Gasteiger partial charge < -0.3 is 15.5 Å². The Kier molecular flexibility index (Phi) is 1.75. The molecule has 9 heavy (non-hydrogen) atoms. The third kappa shape index (κ3) is 1.41. The third-order valence-electron chi connectivity index (χ3n) is 1.80. The molecule has 0 aromatic heterocycles. The Bertz CT molecular complexity index is 103. The molecule has 0 bridgehead atoms. The summed E-state index contributed by atoms with van der Waals surface area (Å²) in [6, 6.07) is 0. The standard InChI is InChI=1S/C6H13NO2/c1-6(9)4-7-3-2-5(6)8/h5,7-9H,2-4H2,1H3/t5-,6-/m1/s1. The number of rotatable bonds is 0. The molecule has 1 aliphatic rings. The zero-order valence-electron chi connectivity index (χ0n) is 5.59. The summed E-state index contributed by atoms with van der Waals surface area (Å²) in [7, 11) is 0. The van der Waals surface area contributed by atoms with Gasteiger partial charge >= 0.3 is 0 Å². The highest BCUT2D eigenvalue weighted by atomic mass is 16.3. The minimum atomic E-state index is -0.918. The van der Waals surface area contributed by atoms with E-state index in [1.54, 1.807) is 6.92 Å². The summed E-state index contributed by atoms with van der Waals surface area (Å²) < 4.78 is 0. The van der Waals surface area contributed by atoms with E-state index in [0.29, 0.717) is 13.0 Å². The minimum Gasteiger partial charge on any atom is -0.390 e. The monoisotopic (exact) mass is 131 g/mol. The van der Waals surface area contributed by atoms with E-state index in [1.807, 2.05) is 0 Å². The lowest BCUT2D eigenvalue weighted by Crippen LogP contribution is -2.53. The maximum atomic E-state index is 9.33. The molecule has 0 aromatic rings. The van der Waals surface area contributed by atoms with Crippen LogP contribution in [0, 0.1) is 0 Å². The Labute approximate surface area is 54.7 Å². The van der Waals surface area contributed by atoms with Crippen LogP contribution in [0.5, 0.6) is 0 Å². The summed E-state index contributed by atoms with van der Waals surface area (Å²) in [4.78, 5) is 0. The van der Waals surface area contributed by atoms with Gasteiger partial charge in [-0.1, -0.05) is 0 Å². The van der Waals surface area contributed by atoms with Gasteiger partial charge in [0.25, 0.3) is 0 Å². The smallest absolute Gasteiger partial charge is 0.100 e. The van der Waals surface area contributed by atoms with Gasteiger partial charge in [-0.3, -0.25) is 0 Å². The highest BCUT2D eigenvalue weighted by Gasteiger charge is 2.32. The van der Waals surface area contributed by atoms with Crippen molar-refractivity contribution in [3.05, 3.63) is 0 Å². The molecule has 3 heteroatoms. The molecule has 0 amide bonds. The van der Waals surface area contributed by atoms with Gasteiger partial charge in [0.05, 0.1) is 6.10 Å². The van der Waals surface area contributed by atoms with Crippen LogP contribution in [0.3, 0.4) is 0 Å². The summed E-state index contributed by atoms with van der Waals surface area (Å²) in [6.45, 7) is 2.94. The van der Waals surface area contributed by atoms with Crippen molar-refractivity contribution < 1.29 is 10.2 Å². The first-order chi connectivity index (χ1) is 4.13. The van der Waals surface area contributed by atoms with Gasteiger partial charge in [0.2, 0.25) is 0 Å². The molecule has 1 rings (SSSR count). The number of β-amino-alcohol motifs (C(OH)–C–C–N with tert-alkyl or cyclic N) is 1.